The van der Waals surface area contributed by atoms with E-state index < -0.39 is 11.9 Å². The number of aromatic nitrogens is 2. The summed E-state index contributed by atoms with van der Waals surface area (Å²) < 4.78 is 0. The molecule has 0 radical (unpaired) electrons. The predicted octanol–water partition coefficient (Wildman–Crippen LogP) is 1.65. The van der Waals surface area contributed by atoms with Crippen molar-refractivity contribution in [3.63, 3.8) is 0 Å². The molecule has 2 amide bonds. The Morgan fingerprint density at radius 1 is 1.04 bits per heavy atom. The zero-order valence-corrected chi connectivity index (χ0v) is 13.0. The quantitative estimate of drug-likeness (QED) is 0.751. The molecule has 7 heteroatoms. The SMILES string of the molecule is CC(C)C(Nc1ccc(C(=O)Nc2ccccc2)nn1)C(N)=O. The minimum atomic E-state index is -0.548. The molecule has 4 N–H and O–H groups in total. The van der Waals surface area contributed by atoms with E-state index in [0.29, 0.717) is 11.5 Å². The summed E-state index contributed by atoms with van der Waals surface area (Å²) in [5.74, 6) is -0.424. The van der Waals surface area contributed by atoms with Crippen molar-refractivity contribution in [1.82, 2.24) is 10.2 Å². The molecule has 120 valence electrons. The van der Waals surface area contributed by atoms with Crippen molar-refractivity contribution in [2.24, 2.45) is 11.7 Å². The molecule has 2 aromatic rings. The smallest absolute Gasteiger partial charge is 0.276 e. The number of para-hydroxylation sites is 1. The van der Waals surface area contributed by atoms with Crippen LogP contribution in [0.3, 0.4) is 0 Å². The first-order valence-corrected chi connectivity index (χ1v) is 7.23. The molecular formula is C16H19N5O2. The number of amides is 2. The van der Waals surface area contributed by atoms with Gasteiger partial charge in [-0.25, -0.2) is 0 Å². The van der Waals surface area contributed by atoms with Crippen LogP contribution in [0.1, 0.15) is 24.3 Å². The van der Waals surface area contributed by atoms with Crippen molar-refractivity contribution in [3.8, 4) is 0 Å². The Balaban J connectivity index is 2.04. The number of carbonyl (C=O) groups excluding carboxylic acids is 2. The number of nitrogens with two attached hydrogens (primary N) is 1. The fourth-order valence-electron chi connectivity index (χ4n) is 1.97. The minimum Gasteiger partial charge on any atom is -0.368 e. The highest BCUT2D eigenvalue weighted by molar-refractivity contribution is 6.02. The first-order valence-electron chi connectivity index (χ1n) is 7.23. The van der Waals surface area contributed by atoms with Gasteiger partial charge in [0, 0.05) is 5.69 Å². The lowest BCUT2D eigenvalue weighted by molar-refractivity contribution is -0.119. The maximum Gasteiger partial charge on any atom is 0.276 e. The lowest BCUT2D eigenvalue weighted by atomic mass is 10.0. The highest BCUT2D eigenvalue weighted by Gasteiger charge is 2.20. The molecule has 1 atom stereocenters. The van der Waals surface area contributed by atoms with E-state index >= 15 is 0 Å². The number of nitrogens with one attached hydrogen (secondary N) is 2. The van der Waals surface area contributed by atoms with Crippen LogP contribution >= 0.6 is 0 Å². The number of hydrogen-bond acceptors (Lipinski definition) is 5. The van der Waals surface area contributed by atoms with Crippen molar-refractivity contribution in [3.05, 3.63) is 48.2 Å². The summed E-state index contributed by atoms with van der Waals surface area (Å²) in [4.78, 5) is 23.4. The van der Waals surface area contributed by atoms with Crippen LogP contribution in [0, 0.1) is 5.92 Å². The molecule has 1 aromatic carbocycles. The third kappa shape index (κ3) is 4.50. The largest absolute Gasteiger partial charge is 0.368 e. The lowest BCUT2D eigenvalue weighted by Crippen LogP contribution is -2.39. The van der Waals surface area contributed by atoms with Gasteiger partial charge >= 0.3 is 0 Å². The lowest BCUT2D eigenvalue weighted by Gasteiger charge is -2.19. The van der Waals surface area contributed by atoms with Gasteiger partial charge in [0.2, 0.25) is 5.91 Å². The summed E-state index contributed by atoms with van der Waals surface area (Å²) in [5.41, 5.74) is 6.19. The number of carbonyl (C=O) groups is 2. The molecule has 7 nitrogen and oxygen atoms in total. The molecule has 0 bridgehead atoms. The Morgan fingerprint density at radius 3 is 2.26 bits per heavy atom. The second kappa shape index (κ2) is 7.35. The normalized spacial score (nSPS) is 11.8. The minimum absolute atomic E-state index is 0.00959. The molecule has 2 rings (SSSR count). The van der Waals surface area contributed by atoms with Crippen molar-refractivity contribution < 1.29 is 9.59 Å². The van der Waals surface area contributed by atoms with E-state index in [0.717, 1.165) is 0 Å². The molecule has 23 heavy (non-hydrogen) atoms. The summed E-state index contributed by atoms with van der Waals surface area (Å²) in [5, 5.41) is 13.4. The summed E-state index contributed by atoms with van der Waals surface area (Å²) >= 11 is 0. The highest BCUT2D eigenvalue weighted by Crippen LogP contribution is 2.11. The second-order valence-corrected chi connectivity index (χ2v) is 5.39. The first-order chi connectivity index (χ1) is 11.0. The van der Waals surface area contributed by atoms with Crippen LogP contribution in [0.5, 0.6) is 0 Å². The first kappa shape index (κ1) is 16.4. The summed E-state index contributed by atoms with van der Waals surface area (Å²) in [7, 11) is 0. The number of hydrogen-bond donors (Lipinski definition) is 3. The van der Waals surface area contributed by atoms with Crippen LogP contribution in [0.25, 0.3) is 0 Å². The maximum atomic E-state index is 12.1. The number of rotatable bonds is 6. The molecule has 0 aliphatic rings. The fraction of sp³-hybridized carbons (Fsp3) is 0.250. The molecule has 0 aliphatic heterocycles. The Bertz CT molecular complexity index is 671. The Hall–Kier alpha value is -2.96. The van der Waals surface area contributed by atoms with Crippen molar-refractivity contribution in [1.29, 1.82) is 0 Å². The molecular weight excluding hydrogens is 294 g/mol. The van der Waals surface area contributed by atoms with Crippen molar-refractivity contribution in [2.75, 3.05) is 10.6 Å². The number of benzene rings is 1. The van der Waals surface area contributed by atoms with Gasteiger partial charge in [0.1, 0.15) is 11.9 Å². The van der Waals surface area contributed by atoms with Crippen LogP contribution in [0.2, 0.25) is 0 Å². The van der Waals surface area contributed by atoms with Crippen LogP contribution in [-0.4, -0.2) is 28.1 Å². The third-order valence-electron chi connectivity index (χ3n) is 3.21. The molecule has 0 aliphatic carbocycles. The van der Waals surface area contributed by atoms with Gasteiger partial charge in [-0.15, -0.1) is 10.2 Å². The van der Waals surface area contributed by atoms with Crippen LogP contribution in [0.4, 0.5) is 11.5 Å². The van der Waals surface area contributed by atoms with Gasteiger partial charge in [0.25, 0.3) is 5.91 Å². The molecule has 0 saturated carbocycles. The van der Waals surface area contributed by atoms with Crippen molar-refractivity contribution >= 4 is 23.3 Å². The standard InChI is InChI=1S/C16H19N5O2/c1-10(2)14(15(17)22)19-13-9-8-12(20-21-13)16(23)18-11-6-4-3-5-7-11/h3-10,14H,1-2H3,(H2,17,22)(H,18,23)(H,19,21). The van der Waals surface area contributed by atoms with Gasteiger partial charge in [0.15, 0.2) is 5.69 Å². The predicted molar refractivity (Wildman–Crippen MR) is 87.9 cm³/mol. The number of nitrogens with zero attached hydrogens (tertiary/aromatic N) is 2. The second-order valence-electron chi connectivity index (χ2n) is 5.39. The van der Waals surface area contributed by atoms with Gasteiger partial charge in [-0.05, 0) is 30.2 Å². The summed E-state index contributed by atoms with van der Waals surface area (Å²) in [6.07, 6.45) is 0. The number of anilines is 2. The van der Waals surface area contributed by atoms with E-state index in [-0.39, 0.29) is 17.5 Å². The van der Waals surface area contributed by atoms with Gasteiger partial charge in [-0.2, -0.15) is 0 Å². The van der Waals surface area contributed by atoms with Gasteiger partial charge < -0.3 is 16.4 Å². The topological polar surface area (TPSA) is 110 Å². The van der Waals surface area contributed by atoms with E-state index in [1.54, 1.807) is 18.2 Å². The zero-order chi connectivity index (χ0) is 16.8. The fourth-order valence-corrected chi connectivity index (χ4v) is 1.97. The third-order valence-corrected chi connectivity index (χ3v) is 3.21. The molecule has 1 unspecified atom stereocenters. The monoisotopic (exact) mass is 313 g/mol. The van der Waals surface area contributed by atoms with Gasteiger partial charge in [-0.1, -0.05) is 32.0 Å². The van der Waals surface area contributed by atoms with E-state index in [1.807, 2.05) is 32.0 Å². The van der Waals surface area contributed by atoms with E-state index in [2.05, 4.69) is 20.8 Å². The molecule has 1 heterocycles. The van der Waals surface area contributed by atoms with E-state index in [1.165, 1.54) is 6.07 Å². The van der Waals surface area contributed by atoms with Gasteiger partial charge in [0.05, 0.1) is 0 Å². The molecule has 0 spiro atoms. The Labute approximate surface area is 134 Å². The molecule has 0 saturated heterocycles. The van der Waals surface area contributed by atoms with Gasteiger partial charge in [-0.3, -0.25) is 9.59 Å². The van der Waals surface area contributed by atoms with Crippen molar-refractivity contribution in [2.45, 2.75) is 19.9 Å². The van der Waals surface area contributed by atoms with E-state index in [9.17, 15) is 9.59 Å². The Morgan fingerprint density at radius 2 is 1.74 bits per heavy atom. The average Bonchev–Trinajstić information content (AvgIpc) is 2.53. The molecule has 1 aromatic heterocycles. The van der Waals surface area contributed by atoms with Crippen LogP contribution in [0.15, 0.2) is 42.5 Å². The zero-order valence-electron chi connectivity index (χ0n) is 13.0. The Kier molecular flexibility index (Phi) is 5.24. The summed E-state index contributed by atoms with van der Waals surface area (Å²) in [6, 6.07) is 11.6. The van der Waals surface area contributed by atoms with E-state index in [4.69, 9.17) is 5.73 Å². The van der Waals surface area contributed by atoms with Crippen LogP contribution < -0.4 is 16.4 Å². The average molecular weight is 313 g/mol. The van der Waals surface area contributed by atoms with Crippen LogP contribution in [-0.2, 0) is 4.79 Å². The number of primary amides is 1. The molecule has 0 fully saturated rings. The highest BCUT2D eigenvalue weighted by atomic mass is 16.2. The summed E-state index contributed by atoms with van der Waals surface area (Å²) in [6.45, 7) is 3.75. The maximum absolute atomic E-state index is 12.1.